The average Bonchev–Trinajstić information content (AvgIpc) is 2.75. The van der Waals surface area contributed by atoms with E-state index in [1.165, 1.54) is 0 Å². The van der Waals surface area contributed by atoms with Crippen LogP contribution in [0.3, 0.4) is 0 Å². The third kappa shape index (κ3) is 3.53. The molecular formula is C14H21N5. The molecule has 2 aromatic heterocycles. The van der Waals surface area contributed by atoms with Gasteiger partial charge in [0.25, 0.3) is 0 Å². The highest BCUT2D eigenvalue weighted by atomic mass is 15.1. The number of nitrogens with one attached hydrogen (secondary N) is 2. The average molecular weight is 259 g/mol. The van der Waals surface area contributed by atoms with Crippen molar-refractivity contribution in [2.45, 2.75) is 46.6 Å². The quantitative estimate of drug-likeness (QED) is 0.865. The van der Waals surface area contributed by atoms with E-state index in [1.807, 2.05) is 20.0 Å². The van der Waals surface area contributed by atoms with Gasteiger partial charge < -0.3 is 5.32 Å². The molecule has 5 heteroatoms. The van der Waals surface area contributed by atoms with E-state index < -0.39 is 0 Å². The predicted molar refractivity (Wildman–Crippen MR) is 76.3 cm³/mol. The number of aromatic amines is 1. The summed E-state index contributed by atoms with van der Waals surface area (Å²) in [6, 6.07) is 2.35. The van der Waals surface area contributed by atoms with Crippen LogP contribution in [0.5, 0.6) is 0 Å². The van der Waals surface area contributed by atoms with Gasteiger partial charge in [0.15, 0.2) is 0 Å². The first-order valence-corrected chi connectivity index (χ1v) is 6.68. The lowest BCUT2D eigenvalue weighted by Gasteiger charge is -2.16. The monoisotopic (exact) mass is 259 g/mol. The second kappa shape index (κ2) is 5.82. The fourth-order valence-corrected chi connectivity index (χ4v) is 2.06. The lowest BCUT2D eigenvalue weighted by Crippen LogP contribution is -2.20. The van der Waals surface area contributed by atoms with Crippen molar-refractivity contribution in [1.29, 1.82) is 0 Å². The summed E-state index contributed by atoms with van der Waals surface area (Å²) in [4.78, 5) is 8.72. The minimum Gasteiger partial charge on any atom is -0.367 e. The highest BCUT2D eigenvalue weighted by molar-refractivity contribution is 5.43. The Morgan fingerprint density at radius 3 is 2.79 bits per heavy atom. The van der Waals surface area contributed by atoms with E-state index in [4.69, 9.17) is 0 Å². The maximum atomic E-state index is 4.48. The Bertz CT molecular complexity index is 547. The highest BCUT2D eigenvalue weighted by Crippen LogP contribution is 2.14. The summed E-state index contributed by atoms with van der Waals surface area (Å²) in [5, 5.41) is 10.7. The lowest BCUT2D eigenvalue weighted by atomic mass is 10.1. The fraction of sp³-hybridized carbons (Fsp3) is 0.500. The molecule has 0 amide bonds. The van der Waals surface area contributed by atoms with E-state index >= 15 is 0 Å². The molecule has 0 bridgehead atoms. The maximum Gasteiger partial charge on any atom is 0.133 e. The molecule has 102 valence electrons. The van der Waals surface area contributed by atoms with Crippen molar-refractivity contribution in [2.24, 2.45) is 0 Å². The first kappa shape index (κ1) is 13.5. The van der Waals surface area contributed by atoms with Crippen LogP contribution >= 0.6 is 0 Å². The Kier molecular flexibility index (Phi) is 4.14. The number of hydrogen-bond acceptors (Lipinski definition) is 4. The topological polar surface area (TPSA) is 66.5 Å². The van der Waals surface area contributed by atoms with Gasteiger partial charge in [-0.1, -0.05) is 6.92 Å². The molecule has 2 heterocycles. The van der Waals surface area contributed by atoms with Crippen molar-refractivity contribution < 1.29 is 0 Å². The Labute approximate surface area is 113 Å². The molecule has 0 radical (unpaired) electrons. The third-order valence-corrected chi connectivity index (χ3v) is 3.02. The summed E-state index contributed by atoms with van der Waals surface area (Å²) in [6.45, 7) is 8.17. The molecule has 2 aromatic rings. The summed E-state index contributed by atoms with van der Waals surface area (Å²) in [5.41, 5.74) is 3.31. The molecule has 2 rings (SSSR count). The van der Waals surface area contributed by atoms with Crippen LogP contribution in [0.2, 0.25) is 0 Å². The van der Waals surface area contributed by atoms with Gasteiger partial charge in [0, 0.05) is 29.9 Å². The van der Waals surface area contributed by atoms with Crippen LogP contribution in [-0.2, 0) is 12.8 Å². The van der Waals surface area contributed by atoms with Crippen LogP contribution in [-0.4, -0.2) is 26.2 Å². The standard InChI is InChI=1S/C14H21N5/c1-5-12-8-15-11(4)17-14(12)16-9(2)6-13-7-10(3)18-19-13/h7-9H,5-6H2,1-4H3,(H,18,19)(H,15,16,17). The Balaban J connectivity index is 2.05. The van der Waals surface area contributed by atoms with E-state index in [9.17, 15) is 0 Å². The summed E-state index contributed by atoms with van der Waals surface area (Å²) >= 11 is 0. The van der Waals surface area contributed by atoms with Gasteiger partial charge in [0.2, 0.25) is 0 Å². The van der Waals surface area contributed by atoms with E-state index in [1.54, 1.807) is 0 Å². The summed E-state index contributed by atoms with van der Waals surface area (Å²) in [5.74, 6) is 1.73. The van der Waals surface area contributed by atoms with Crippen LogP contribution in [0.1, 0.15) is 36.6 Å². The number of aromatic nitrogens is 4. The minimum absolute atomic E-state index is 0.280. The molecule has 19 heavy (non-hydrogen) atoms. The van der Waals surface area contributed by atoms with Crippen LogP contribution in [0.25, 0.3) is 0 Å². The van der Waals surface area contributed by atoms with E-state index in [-0.39, 0.29) is 6.04 Å². The van der Waals surface area contributed by atoms with Crippen LogP contribution in [0.4, 0.5) is 5.82 Å². The van der Waals surface area contributed by atoms with Crippen LogP contribution < -0.4 is 5.32 Å². The zero-order chi connectivity index (χ0) is 13.8. The SMILES string of the molecule is CCc1cnc(C)nc1NC(C)Cc1cc(C)[nH]n1. The molecule has 5 nitrogen and oxygen atoms in total. The lowest BCUT2D eigenvalue weighted by molar-refractivity contribution is 0.755. The van der Waals surface area contributed by atoms with Gasteiger partial charge >= 0.3 is 0 Å². The van der Waals surface area contributed by atoms with E-state index in [0.717, 1.165) is 41.4 Å². The summed E-state index contributed by atoms with van der Waals surface area (Å²) in [6.07, 6.45) is 3.70. The Morgan fingerprint density at radius 2 is 2.16 bits per heavy atom. The number of H-pyrrole nitrogens is 1. The molecule has 1 atom stereocenters. The Morgan fingerprint density at radius 1 is 1.37 bits per heavy atom. The van der Waals surface area contributed by atoms with E-state index in [2.05, 4.69) is 45.4 Å². The van der Waals surface area contributed by atoms with Crippen molar-refractivity contribution in [3.05, 3.63) is 35.0 Å². The molecule has 0 saturated carbocycles. The maximum absolute atomic E-state index is 4.48. The summed E-state index contributed by atoms with van der Waals surface area (Å²) in [7, 11) is 0. The van der Waals surface area contributed by atoms with Crippen LogP contribution in [0.15, 0.2) is 12.3 Å². The van der Waals surface area contributed by atoms with Gasteiger partial charge in [-0.15, -0.1) is 0 Å². The fourth-order valence-electron chi connectivity index (χ4n) is 2.06. The van der Waals surface area contributed by atoms with Crippen molar-refractivity contribution in [3.8, 4) is 0 Å². The number of anilines is 1. The van der Waals surface area contributed by atoms with Crippen molar-refractivity contribution in [2.75, 3.05) is 5.32 Å². The number of nitrogens with zero attached hydrogens (tertiary/aromatic N) is 3. The number of aryl methyl sites for hydroxylation is 3. The first-order valence-electron chi connectivity index (χ1n) is 6.68. The van der Waals surface area contributed by atoms with Gasteiger partial charge in [0.05, 0.1) is 5.69 Å². The van der Waals surface area contributed by atoms with Gasteiger partial charge in [-0.2, -0.15) is 5.10 Å². The number of hydrogen-bond donors (Lipinski definition) is 2. The summed E-state index contributed by atoms with van der Waals surface area (Å²) < 4.78 is 0. The minimum atomic E-state index is 0.280. The second-order valence-corrected chi connectivity index (χ2v) is 4.94. The molecule has 0 fully saturated rings. The molecule has 0 aliphatic rings. The third-order valence-electron chi connectivity index (χ3n) is 3.02. The molecule has 2 N–H and O–H groups in total. The van der Waals surface area contributed by atoms with Crippen molar-refractivity contribution in [1.82, 2.24) is 20.2 Å². The number of rotatable bonds is 5. The van der Waals surface area contributed by atoms with Crippen LogP contribution in [0, 0.1) is 13.8 Å². The van der Waals surface area contributed by atoms with Gasteiger partial charge in [0.1, 0.15) is 11.6 Å². The van der Waals surface area contributed by atoms with Gasteiger partial charge in [-0.3, -0.25) is 5.10 Å². The largest absolute Gasteiger partial charge is 0.367 e. The molecule has 0 aliphatic heterocycles. The molecule has 1 unspecified atom stereocenters. The molecule has 0 spiro atoms. The van der Waals surface area contributed by atoms with Gasteiger partial charge in [-0.05, 0) is 33.3 Å². The molecule has 0 aliphatic carbocycles. The van der Waals surface area contributed by atoms with Gasteiger partial charge in [-0.25, -0.2) is 9.97 Å². The highest BCUT2D eigenvalue weighted by Gasteiger charge is 2.10. The molecular weight excluding hydrogens is 238 g/mol. The normalized spacial score (nSPS) is 12.4. The van der Waals surface area contributed by atoms with E-state index in [0.29, 0.717) is 0 Å². The second-order valence-electron chi connectivity index (χ2n) is 4.94. The predicted octanol–water partition coefficient (Wildman–Crippen LogP) is 2.42. The smallest absolute Gasteiger partial charge is 0.133 e. The first-order chi connectivity index (χ1) is 9.08. The Hall–Kier alpha value is -1.91. The zero-order valence-electron chi connectivity index (χ0n) is 12.0. The molecule has 0 aromatic carbocycles. The zero-order valence-corrected chi connectivity index (χ0v) is 12.0. The van der Waals surface area contributed by atoms with Crippen molar-refractivity contribution >= 4 is 5.82 Å². The molecule has 0 saturated heterocycles. The van der Waals surface area contributed by atoms with Crippen molar-refractivity contribution in [3.63, 3.8) is 0 Å².